The summed E-state index contributed by atoms with van der Waals surface area (Å²) in [5, 5.41) is -1.19. The molecular formula is C32H76O12Si5. The Kier molecular flexibility index (Phi) is 25.1. The van der Waals surface area contributed by atoms with E-state index in [0.717, 1.165) is 0 Å². The standard InChI is InChI=1S/C32H76O12Si5/c1-17-33-46(34-18-2,35-19-3)29(13)45(30(14)47(36-20-4,37-21-5)38-22-6,31(15)48(39-23-7,40-24-8)41-25-9)32(16)49(42-26-10,43-27-11)44-28-12/h29-32H,17-28H2,1-16H3. The van der Waals surface area contributed by atoms with Crippen LogP contribution in [0.1, 0.15) is 111 Å². The fourth-order valence-electron chi connectivity index (χ4n) is 7.89. The van der Waals surface area contributed by atoms with Crippen molar-refractivity contribution in [1.29, 1.82) is 0 Å². The van der Waals surface area contributed by atoms with E-state index in [4.69, 9.17) is 53.1 Å². The summed E-state index contributed by atoms with van der Waals surface area (Å²) in [6, 6.07) is 0. The van der Waals surface area contributed by atoms with E-state index in [-0.39, 0.29) is 20.7 Å². The maximum Gasteiger partial charge on any atom is 0.501 e. The maximum absolute atomic E-state index is 6.81. The van der Waals surface area contributed by atoms with E-state index >= 15 is 0 Å². The first kappa shape index (κ1) is 49.6. The molecule has 0 aliphatic heterocycles. The van der Waals surface area contributed by atoms with E-state index in [1.165, 1.54) is 0 Å². The van der Waals surface area contributed by atoms with Crippen LogP contribution in [-0.4, -0.2) is 123 Å². The molecule has 0 aromatic carbocycles. The van der Waals surface area contributed by atoms with Crippen molar-refractivity contribution in [3.8, 4) is 0 Å². The second kappa shape index (κ2) is 24.8. The smallest absolute Gasteiger partial charge is 0.374 e. The van der Waals surface area contributed by atoms with Crippen molar-refractivity contribution in [2.45, 2.75) is 131 Å². The van der Waals surface area contributed by atoms with Crippen LogP contribution < -0.4 is 0 Å². The van der Waals surface area contributed by atoms with Crippen LogP contribution in [0, 0.1) is 0 Å². The molecule has 4 atom stereocenters. The maximum atomic E-state index is 6.81. The third-order valence-electron chi connectivity index (χ3n) is 9.27. The van der Waals surface area contributed by atoms with Gasteiger partial charge in [0, 0.05) is 99.9 Å². The third kappa shape index (κ3) is 11.3. The highest BCUT2D eigenvalue weighted by molar-refractivity contribution is 7.11. The minimum Gasteiger partial charge on any atom is -0.374 e. The van der Waals surface area contributed by atoms with Crippen LogP contribution in [0.25, 0.3) is 0 Å². The largest absolute Gasteiger partial charge is 0.501 e. The molecule has 12 nitrogen and oxygen atoms in total. The molecule has 0 aliphatic carbocycles. The first-order valence-electron chi connectivity index (χ1n) is 19.0. The van der Waals surface area contributed by atoms with Gasteiger partial charge in [0.2, 0.25) is 0 Å². The van der Waals surface area contributed by atoms with Crippen molar-refractivity contribution in [2.24, 2.45) is 0 Å². The van der Waals surface area contributed by atoms with E-state index in [0.29, 0.717) is 79.3 Å². The summed E-state index contributed by atoms with van der Waals surface area (Å²) >= 11 is 0. The Bertz CT molecular complexity index is 647. The summed E-state index contributed by atoms with van der Waals surface area (Å²) in [6.45, 7) is 37.8. The van der Waals surface area contributed by atoms with Crippen LogP contribution in [0.3, 0.4) is 0 Å². The lowest BCUT2D eigenvalue weighted by atomic mass is 10.9. The molecule has 0 spiro atoms. The van der Waals surface area contributed by atoms with E-state index < -0.39 is 43.3 Å². The van der Waals surface area contributed by atoms with Gasteiger partial charge in [-0.05, 0) is 83.1 Å². The second-order valence-corrected chi connectivity index (χ2v) is 31.0. The number of hydrogen-bond acceptors (Lipinski definition) is 12. The molecule has 0 radical (unpaired) electrons. The van der Waals surface area contributed by atoms with Gasteiger partial charge >= 0.3 is 35.2 Å². The van der Waals surface area contributed by atoms with Gasteiger partial charge in [-0.25, -0.2) is 0 Å². The summed E-state index contributed by atoms with van der Waals surface area (Å²) in [5.74, 6) is 0. The summed E-state index contributed by atoms with van der Waals surface area (Å²) < 4.78 is 81.8. The number of hydrogen-bond donors (Lipinski definition) is 0. The molecule has 0 N–H and O–H groups in total. The molecule has 49 heavy (non-hydrogen) atoms. The molecule has 4 unspecified atom stereocenters. The van der Waals surface area contributed by atoms with Gasteiger partial charge in [0.25, 0.3) is 0 Å². The molecule has 0 amide bonds. The van der Waals surface area contributed by atoms with Crippen molar-refractivity contribution in [3.63, 3.8) is 0 Å². The molecule has 0 heterocycles. The average molecular weight is 793 g/mol. The van der Waals surface area contributed by atoms with Crippen LogP contribution >= 0.6 is 0 Å². The fraction of sp³-hybridized carbons (Fsp3) is 1.00. The topological polar surface area (TPSA) is 111 Å². The normalized spacial score (nSPS) is 17.1. The molecule has 0 aromatic rings. The second-order valence-electron chi connectivity index (χ2n) is 11.5. The molecular weight excluding hydrogens is 717 g/mol. The molecule has 0 saturated heterocycles. The van der Waals surface area contributed by atoms with Gasteiger partial charge in [-0.1, -0.05) is 27.7 Å². The van der Waals surface area contributed by atoms with Crippen molar-refractivity contribution < 1.29 is 53.1 Å². The predicted molar refractivity (Wildman–Crippen MR) is 206 cm³/mol. The zero-order chi connectivity index (χ0) is 37.8. The van der Waals surface area contributed by atoms with Crippen molar-refractivity contribution in [3.05, 3.63) is 0 Å². The molecule has 0 saturated carbocycles. The van der Waals surface area contributed by atoms with Gasteiger partial charge in [-0.15, -0.1) is 0 Å². The van der Waals surface area contributed by atoms with Crippen molar-refractivity contribution in [2.75, 3.05) is 79.3 Å². The van der Waals surface area contributed by atoms with Gasteiger partial charge in [0.05, 0.1) is 8.07 Å². The first-order valence-corrected chi connectivity index (χ1v) is 28.5. The van der Waals surface area contributed by atoms with Crippen LogP contribution in [-0.2, 0) is 53.1 Å². The highest BCUT2D eigenvalue weighted by atomic mass is 28.5. The van der Waals surface area contributed by atoms with Crippen LogP contribution in [0.4, 0.5) is 0 Å². The minimum absolute atomic E-state index is 0.297. The lowest BCUT2D eigenvalue weighted by molar-refractivity contribution is 0.0577. The van der Waals surface area contributed by atoms with Gasteiger partial charge in [-0.3, -0.25) is 0 Å². The number of rotatable bonds is 32. The summed E-state index contributed by atoms with van der Waals surface area (Å²) in [5.41, 5.74) is 0. The van der Waals surface area contributed by atoms with Crippen molar-refractivity contribution in [1.82, 2.24) is 0 Å². The van der Waals surface area contributed by atoms with Gasteiger partial charge in [0.15, 0.2) is 0 Å². The van der Waals surface area contributed by atoms with Crippen LogP contribution in [0.2, 0.25) is 20.7 Å². The van der Waals surface area contributed by atoms with Crippen LogP contribution in [0.15, 0.2) is 0 Å². The molecule has 0 aromatic heterocycles. The zero-order valence-corrected chi connectivity index (χ0v) is 39.2. The van der Waals surface area contributed by atoms with E-state index in [2.05, 4.69) is 27.7 Å². The van der Waals surface area contributed by atoms with Crippen LogP contribution in [0.5, 0.6) is 0 Å². The Hall–Kier alpha value is 0.604. The Morgan fingerprint density at radius 2 is 0.347 bits per heavy atom. The lowest BCUT2D eigenvalue weighted by Gasteiger charge is -2.59. The van der Waals surface area contributed by atoms with Crippen molar-refractivity contribution >= 4 is 43.3 Å². The minimum atomic E-state index is -3.54. The fourth-order valence-corrected chi connectivity index (χ4v) is 46.0. The summed E-state index contributed by atoms with van der Waals surface area (Å²) in [4.78, 5) is 0. The SMILES string of the molecule is CCO[Si](OCC)(OCC)C(C)[Si](C(C)[Si](OCC)(OCC)OCC)(C(C)[Si](OCC)(OCC)OCC)C(C)[Si](OCC)(OCC)OCC. The molecule has 0 aliphatic rings. The molecule has 0 rings (SSSR count). The summed E-state index contributed by atoms with van der Waals surface area (Å²) in [6.07, 6.45) is 0. The molecule has 0 fully saturated rings. The average Bonchev–Trinajstić information content (AvgIpc) is 3.06. The molecule has 17 heteroatoms. The zero-order valence-electron chi connectivity index (χ0n) is 34.2. The Morgan fingerprint density at radius 3 is 0.429 bits per heavy atom. The van der Waals surface area contributed by atoms with Gasteiger partial charge < -0.3 is 53.1 Å². The lowest BCUT2D eigenvalue weighted by Crippen LogP contribution is -2.76. The molecule has 296 valence electrons. The monoisotopic (exact) mass is 792 g/mol. The molecule has 0 bridgehead atoms. The van der Waals surface area contributed by atoms with E-state index in [1.807, 2.05) is 83.1 Å². The van der Waals surface area contributed by atoms with E-state index in [1.54, 1.807) is 0 Å². The Balaban J connectivity index is 9.15. The van der Waals surface area contributed by atoms with Gasteiger partial charge in [0.1, 0.15) is 0 Å². The first-order chi connectivity index (χ1) is 23.3. The van der Waals surface area contributed by atoms with E-state index in [9.17, 15) is 0 Å². The quantitative estimate of drug-likeness (QED) is 0.0636. The highest BCUT2D eigenvalue weighted by Crippen LogP contribution is 2.61. The predicted octanol–water partition coefficient (Wildman–Crippen LogP) is 7.35. The van der Waals surface area contributed by atoms with Gasteiger partial charge in [-0.2, -0.15) is 0 Å². The Morgan fingerprint density at radius 1 is 0.245 bits per heavy atom. The highest BCUT2D eigenvalue weighted by Gasteiger charge is 2.77. The third-order valence-corrected chi connectivity index (χ3v) is 38.0. The summed E-state index contributed by atoms with van der Waals surface area (Å²) in [7, 11) is -17.6. The Labute approximate surface area is 306 Å².